The molecule has 0 saturated heterocycles. The molecule has 0 aliphatic rings. The Morgan fingerprint density at radius 1 is 1.20 bits per heavy atom. The summed E-state index contributed by atoms with van der Waals surface area (Å²) in [6, 6.07) is 3.94. The maximum atomic E-state index is 11.5. The van der Waals surface area contributed by atoms with E-state index in [9.17, 15) is 4.79 Å². The highest BCUT2D eigenvalue weighted by Gasteiger charge is 2.01. The quantitative estimate of drug-likeness (QED) is 0.640. The first-order valence-corrected chi connectivity index (χ1v) is 5.73. The molecule has 0 aliphatic heterocycles. The highest BCUT2D eigenvalue weighted by atomic mass is 16.1. The van der Waals surface area contributed by atoms with E-state index in [4.69, 9.17) is 0 Å². The Hall–Kier alpha value is -1.18. The number of ketones is 1. The van der Waals surface area contributed by atoms with E-state index in [1.54, 1.807) is 12.4 Å². The molecule has 0 spiro atoms. The molecular weight excluding hydrogens is 186 g/mol. The second-order valence-electron chi connectivity index (χ2n) is 3.85. The first-order chi connectivity index (χ1) is 7.33. The van der Waals surface area contributed by atoms with Gasteiger partial charge in [-0.3, -0.25) is 9.78 Å². The first-order valence-electron chi connectivity index (χ1n) is 5.73. The van der Waals surface area contributed by atoms with E-state index < -0.39 is 0 Å². The predicted octanol–water partition coefficient (Wildman–Crippen LogP) is 3.16. The van der Waals surface area contributed by atoms with Gasteiger partial charge in [0.1, 0.15) is 5.78 Å². The van der Waals surface area contributed by atoms with E-state index in [2.05, 4.69) is 11.9 Å². The molecule has 0 saturated carbocycles. The summed E-state index contributed by atoms with van der Waals surface area (Å²) in [5.41, 5.74) is 1.20. The highest BCUT2D eigenvalue weighted by molar-refractivity contribution is 5.78. The zero-order chi connectivity index (χ0) is 10.9. The fourth-order valence-electron chi connectivity index (χ4n) is 1.53. The average molecular weight is 205 g/mol. The van der Waals surface area contributed by atoms with Crippen LogP contribution >= 0.6 is 0 Å². The van der Waals surface area contributed by atoms with Crippen LogP contribution in [0.25, 0.3) is 0 Å². The van der Waals surface area contributed by atoms with Crippen LogP contribution in [0, 0.1) is 0 Å². The van der Waals surface area contributed by atoms with E-state index in [1.807, 2.05) is 12.1 Å². The van der Waals surface area contributed by atoms with Crippen LogP contribution in [-0.2, 0) is 11.2 Å². The van der Waals surface area contributed by atoms with Gasteiger partial charge in [0.2, 0.25) is 0 Å². The lowest BCUT2D eigenvalue weighted by Gasteiger charge is -2.00. The predicted molar refractivity (Wildman–Crippen MR) is 61.7 cm³/mol. The van der Waals surface area contributed by atoms with Crippen LogP contribution in [0.2, 0.25) is 0 Å². The summed E-state index contributed by atoms with van der Waals surface area (Å²) in [6.45, 7) is 2.15. The van der Waals surface area contributed by atoms with Crippen LogP contribution in [0.5, 0.6) is 0 Å². The number of carbonyl (C=O) groups is 1. The Balaban J connectivity index is 2.17. The van der Waals surface area contributed by atoms with Gasteiger partial charge in [-0.05, 0) is 30.5 Å². The maximum absolute atomic E-state index is 11.5. The Morgan fingerprint density at radius 2 is 1.93 bits per heavy atom. The summed E-state index contributed by atoms with van der Waals surface area (Å²) in [5.74, 6) is 0.389. The number of hydrogen-bond donors (Lipinski definition) is 0. The van der Waals surface area contributed by atoms with Crippen molar-refractivity contribution in [2.45, 2.75) is 45.4 Å². The first kappa shape index (κ1) is 11.9. The molecule has 1 heterocycles. The summed E-state index contributed by atoms with van der Waals surface area (Å²) in [4.78, 5) is 15.4. The van der Waals surface area contributed by atoms with Crippen molar-refractivity contribution in [1.82, 2.24) is 4.98 Å². The van der Waals surface area contributed by atoms with Gasteiger partial charge in [-0.1, -0.05) is 19.8 Å². The van der Waals surface area contributed by atoms with E-state index in [0.717, 1.165) is 19.3 Å². The zero-order valence-electron chi connectivity index (χ0n) is 9.41. The summed E-state index contributed by atoms with van der Waals surface area (Å²) in [5, 5.41) is 0. The van der Waals surface area contributed by atoms with Gasteiger partial charge in [-0.25, -0.2) is 0 Å². The Morgan fingerprint density at radius 3 is 2.60 bits per heavy atom. The number of aromatic nitrogens is 1. The number of unbranched alkanes of at least 4 members (excludes halogenated alkanes) is 2. The third-order valence-corrected chi connectivity index (χ3v) is 2.50. The molecule has 0 atom stereocenters. The highest BCUT2D eigenvalue weighted by Crippen LogP contribution is 2.06. The Labute approximate surface area is 91.7 Å². The molecule has 1 aromatic rings. The molecule has 1 rings (SSSR count). The van der Waals surface area contributed by atoms with Crippen LogP contribution in [0.1, 0.15) is 44.6 Å². The van der Waals surface area contributed by atoms with Gasteiger partial charge < -0.3 is 0 Å². The number of nitrogens with zero attached hydrogens (tertiary/aromatic N) is 1. The lowest BCUT2D eigenvalue weighted by atomic mass is 10.0. The largest absolute Gasteiger partial charge is 0.300 e. The minimum Gasteiger partial charge on any atom is -0.300 e. The summed E-state index contributed by atoms with van der Waals surface area (Å²) in [7, 11) is 0. The van der Waals surface area contributed by atoms with Crippen molar-refractivity contribution in [3.05, 3.63) is 30.1 Å². The van der Waals surface area contributed by atoms with Gasteiger partial charge in [0.05, 0.1) is 0 Å². The van der Waals surface area contributed by atoms with Gasteiger partial charge in [0.15, 0.2) is 0 Å². The number of Topliss-reactive ketones (excluding diaryl/α,β-unsaturated/α-hetero) is 1. The summed E-state index contributed by atoms with van der Waals surface area (Å²) in [6.07, 6.45) is 9.22. The number of hydrogen-bond acceptors (Lipinski definition) is 2. The molecule has 0 radical (unpaired) electrons. The van der Waals surface area contributed by atoms with Crippen molar-refractivity contribution < 1.29 is 4.79 Å². The lowest BCUT2D eigenvalue weighted by molar-refractivity contribution is -0.119. The van der Waals surface area contributed by atoms with Crippen LogP contribution < -0.4 is 0 Å². The van der Waals surface area contributed by atoms with E-state index in [0.29, 0.717) is 12.2 Å². The Bertz CT molecular complexity index is 282. The van der Waals surface area contributed by atoms with Gasteiger partial charge in [0, 0.05) is 25.2 Å². The van der Waals surface area contributed by atoms with Crippen molar-refractivity contribution in [3.63, 3.8) is 0 Å². The number of rotatable bonds is 7. The molecule has 0 bridgehead atoms. The molecule has 0 N–H and O–H groups in total. The summed E-state index contributed by atoms with van der Waals surface area (Å²) >= 11 is 0. The number of carbonyl (C=O) groups excluding carboxylic acids is 1. The van der Waals surface area contributed by atoms with Gasteiger partial charge in [-0.15, -0.1) is 0 Å². The molecule has 0 aromatic carbocycles. The average Bonchev–Trinajstić information content (AvgIpc) is 2.28. The third-order valence-electron chi connectivity index (χ3n) is 2.50. The fourth-order valence-corrected chi connectivity index (χ4v) is 1.53. The monoisotopic (exact) mass is 205 g/mol. The van der Waals surface area contributed by atoms with Crippen LogP contribution in [0.4, 0.5) is 0 Å². The van der Waals surface area contributed by atoms with E-state index in [-0.39, 0.29) is 0 Å². The minimum absolute atomic E-state index is 0.389. The van der Waals surface area contributed by atoms with Crippen molar-refractivity contribution in [3.8, 4) is 0 Å². The van der Waals surface area contributed by atoms with Gasteiger partial charge in [-0.2, -0.15) is 0 Å². The maximum Gasteiger partial charge on any atom is 0.133 e. The second kappa shape index (κ2) is 7.16. The molecule has 2 heteroatoms. The van der Waals surface area contributed by atoms with E-state index in [1.165, 1.54) is 18.4 Å². The van der Waals surface area contributed by atoms with Crippen LogP contribution in [0.3, 0.4) is 0 Å². The number of aryl methyl sites for hydroxylation is 1. The lowest BCUT2D eigenvalue weighted by Crippen LogP contribution is -2.00. The second-order valence-corrected chi connectivity index (χ2v) is 3.85. The van der Waals surface area contributed by atoms with Crippen LogP contribution in [0.15, 0.2) is 24.5 Å². The zero-order valence-corrected chi connectivity index (χ0v) is 9.41. The normalized spacial score (nSPS) is 10.2. The van der Waals surface area contributed by atoms with Crippen molar-refractivity contribution in [2.24, 2.45) is 0 Å². The number of pyridine rings is 1. The molecule has 15 heavy (non-hydrogen) atoms. The van der Waals surface area contributed by atoms with Crippen molar-refractivity contribution in [2.75, 3.05) is 0 Å². The topological polar surface area (TPSA) is 30.0 Å². The molecule has 2 nitrogen and oxygen atoms in total. The molecule has 82 valence electrons. The molecule has 0 fully saturated rings. The van der Waals surface area contributed by atoms with Crippen molar-refractivity contribution >= 4 is 5.78 Å². The Kier molecular flexibility index (Phi) is 5.67. The standard InChI is InChI=1S/C13H19NO/c1-2-3-4-5-13(15)7-6-12-8-10-14-11-9-12/h8-11H,2-7H2,1H3. The SMILES string of the molecule is CCCCCC(=O)CCc1ccncc1. The van der Waals surface area contributed by atoms with Crippen LogP contribution in [-0.4, -0.2) is 10.8 Å². The van der Waals surface area contributed by atoms with Gasteiger partial charge >= 0.3 is 0 Å². The third kappa shape index (κ3) is 5.31. The fraction of sp³-hybridized carbons (Fsp3) is 0.538. The molecule has 0 unspecified atom stereocenters. The smallest absolute Gasteiger partial charge is 0.133 e. The molecule has 0 aliphatic carbocycles. The molecular formula is C13H19NO. The van der Waals surface area contributed by atoms with E-state index >= 15 is 0 Å². The van der Waals surface area contributed by atoms with Crippen molar-refractivity contribution in [1.29, 1.82) is 0 Å². The summed E-state index contributed by atoms with van der Waals surface area (Å²) < 4.78 is 0. The molecule has 1 aromatic heterocycles. The van der Waals surface area contributed by atoms with Gasteiger partial charge in [0.25, 0.3) is 0 Å². The minimum atomic E-state index is 0.389. The molecule has 0 amide bonds.